The SMILES string of the molecule is NC(=O)c1cccc(C(=O)NCc2cccc(NC(=O)C3CCCC3)c2)c1. The van der Waals surface area contributed by atoms with Crippen LogP contribution >= 0.6 is 0 Å². The highest BCUT2D eigenvalue weighted by molar-refractivity contribution is 5.99. The number of hydrogen-bond donors (Lipinski definition) is 3. The first kappa shape index (κ1) is 18.6. The Hall–Kier alpha value is -3.15. The number of benzene rings is 2. The van der Waals surface area contributed by atoms with Gasteiger partial charge in [-0.25, -0.2) is 0 Å². The maximum Gasteiger partial charge on any atom is 0.251 e. The number of nitrogens with two attached hydrogens (primary N) is 1. The van der Waals surface area contributed by atoms with Crippen LogP contribution in [0.2, 0.25) is 0 Å². The summed E-state index contributed by atoms with van der Waals surface area (Å²) in [5, 5.41) is 5.77. The standard InChI is InChI=1S/C21H23N3O3/c22-19(25)16-8-4-9-17(12-16)20(26)23-13-14-5-3-10-18(11-14)24-21(27)15-6-1-2-7-15/h3-5,8-12,15H,1-2,6-7,13H2,(H2,22,25)(H,23,26)(H,24,27). The molecule has 3 rings (SSSR count). The third kappa shape index (κ3) is 4.94. The number of carbonyl (C=O) groups excluding carboxylic acids is 3. The summed E-state index contributed by atoms with van der Waals surface area (Å²) in [6.07, 6.45) is 4.13. The van der Waals surface area contributed by atoms with E-state index in [2.05, 4.69) is 10.6 Å². The minimum absolute atomic E-state index is 0.0666. The summed E-state index contributed by atoms with van der Waals surface area (Å²) in [5.41, 5.74) is 7.51. The molecule has 1 aliphatic carbocycles. The first-order valence-electron chi connectivity index (χ1n) is 9.11. The van der Waals surface area contributed by atoms with Gasteiger partial charge in [0, 0.05) is 29.3 Å². The first-order valence-corrected chi connectivity index (χ1v) is 9.11. The molecule has 27 heavy (non-hydrogen) atoms. The quantitative estimate of drug-likeness (QED) is 0.733. The zero-order chi connectivity index (χ0) is 19.2. The fourth-order valence-electron chi connectivity index (χ4n) is 3.29. The molecule has 0 aromatic heterocycles. The molecule has 1 fully saturated rings. The molecule has 0 heterocycles. The molecule has 6 heteroatoms. The Kier molecular flexibility index (Phi) is 5.86. The molecule has 2 aromatic carbocycles. The molecule has 1 saturated carbocycles. The molecule has 140 valence electrons. The number of primary amides is 1. The minimum Gasteiger partial charge on any atom is -0.366 e. The molecule has 0 spiro atoms. The van der Waals surface area contributed by atoms with Crippen LogP contribution in [0, 0.1) is 5.92 Å². The average molecular weight is 365 g/mol. The normalized spacial score (nSPS) is 13.9. The second-order valence-electron chi connectivity index (χ2n) is 6.80. The van der Waals surface area contributed by atoms with Crippen molar-refractivity contribution in [2.45, 2.75) is 32.2 Å². The maximum absolute atomic E-state index is 12.3. The summed E-state index contributed by atoms with van der Waals surface area (Å²) in [7, 11) is 0. The second kappa shape index (κ2) is 8.49. The molecule has 0 saturated heterocycles. The van der Waals surface area contributed by atoms with Crippen LogP contribution in [0.25, 0.3) is 0 Å². The Labute approximate surface area is 158 Å². The minimum atomic E-state index is -0.574. The van der Waals surface area contributed by atoms with Gasteiger partial charge in [-0.05, 0) is 48.7 Å². The van der Waals surface area contributed by atoms with Gasteiger partial charge >= 0.3 is 0 Å². The van der Waals surface area contributed by atoms with E-state index in [9.17, 15) is 14.4 Å². The van der Waals surface area contributed by atoms with Gasteiger partial charge < -0.3 is 16.4 Å². The number of nitrogens with one attached hydrogen (secondary N) is 2. The van der Waals surface area contributed by atoms with E-state index < -0.39 is 5.91 Å². The lowest BCUT2D eigenvalue weighted by Gasteiger charge is -2.12. The van der Waals surface area contributed by atoms with Gasteiger partial charge in [0.1, 0.15) is 0 Å². The lowest BCUT2D eigenvalue weighted by Crippen LogP contribution is -2.24. The van der Waals surface area contributed by atoms with Crippen LogP contribution in [0.15, 0.2) is 48.5 Å². The van der Waals surface area contributed by atoms with Crippen molar-refractivity contribution in [3.8, 4) is 0 Å². The van der Waals surface area contributed by atoms with Gasteiger partial charge in [0.25, 0.3) is 5.91 Å². The smallest absolute Gasteiger partial charge is 0.251 e. The highest BCUT2D eigenvalue weighted by Gasteiger charge is 2.22. The van der Waals surface area contributed by atoms with Crippen LogP contribution < -0.4 is 16.4 Å². The number of rotatable bonds is 6. The highest BCUT2D eigenvalue weighted by Crippen LogP contribution is 2.26. The lowest BCUT2D eigenvalue weighted by molar-refractivity contribution is -0.119. The molecule has 2 aromatic rings. The summed E-state index contributed by atoms with van der Waals surface area (Å²) in [4.78, 5) is 35.8. The predicted molar refractivity (Wildman–Crippen MR) is 103 cm³/mol. The number of amides is 3. The topological polar surface area (TPSA) is 101 Å². The molecule has 4 N–H and O–H groups in total. The molecule has 0 unspecified atom stereocenters. The Morgan fingerprint density at radius 2 is 1.67 bits per heavy atom. The highest BCUT2D eigenvalue weighted by atomic mass is 16.2. The molecular weight excluding hydrogens is 342 g/mol. The zero-order valence-electron chi connectivity index (χ0n) is 15.0. The van der Waals surface area contributed by atoms with E-state index in [4.69, 9.17) is 5.73 Å². The lowest BCUT2D eigenvalue weighted by atomic mass is 10.1. The van der Waals surface area contributed by atoms with Gasteiger partial charge in [0.2, 0.25) is 11.8 Å². The predicted octanol–water partition coefficient (Wildman–Crippen LogP) is 2.84. The van der Waals surface area contributed by atoms with E-state index in [0.717, 1.165) is 36.9 Å². The third-order valence-corrected chi connectivity index (χ3v) is 4.78. The molecule has 0 aliphatic heterocycles. The van der Waals surface area contributed by atoms with Crippen molar-refractivity contribution >= 4 is 23.4 Å². The summed E-state index contributed by atoms with van der Waals surface area (Å²) in [6, 6.07) is 13.7. The zero-order valence-corrected chi connectivity index (χ0v) is 15.0. The summed E-state index contributed by atoms with van der Waals surface area (Å²) >= 11 is 0. The molecule has 0 bridgehead atoms. The summed E-state index contributed by atoms with van der Waals surface area (Å²) in [6.45, 7) is 0.312. The van der Waals surface area contributed by atoms with Crippen LogP contribution in [-0.4, -0.2) is 17.7 Å². The van der Waals surface area contributed by atoms with Gasteiger partial charge in [-0.1, -0.05) is 31.0 Å². The average Bonchev–Trinajstić information content (AvgIpc) is 3.21. The van der Waals surface area contributed by atoms with Crippen molar-refractivity contribution in [2.24, 2.45) is 11.7 Å². The Balaban J connectivity index is 1.59. The van der Waals surface area contributed by atoms with Crippen molar-refractivity contribution in [3.05, 3.63) is 65.2 Å². The van der Waals surface area contributed by atoms with Gasteiger partial charge in [-0.3, -0.25) is 14.4 Å². The van der Waals surface area contributed by atoms with Crippen molar-refractivity contribution in [1.82, 2.24) is 5.32 Å². The number of hydrogen-bond acceptors (Lipinski definition) is 3. The fraction of sp³-hybridized carbons (Fsp3) is 0.286. The monoisotopic (exact) mass is 365 g/mol. The number of carbonyl (C=O) groups is 3. The Bertz CT molecular complexity index is 857. The van der Waals surface area contributed by atoms with Gasteiger partial charge in [-0.2, -0.15) is 0 Å². The number of anilines is 1. The molecule has 3 amide bonds. The van der Waals surface area contributed by atoms with E-state index in [1.807, 2.05) is 24.3 Å². The van der Waals surface area contributed by atoms with Crippen molar-refractivity contribution in [2.75, 3.05) is 5.32 Å². The largest absolute Gasteiger partial charge is 0.366 e. The first-order chi connectivity index (χ1) is 13.0. The molecule has 0 radical (unpaired) electrons. The summed E-state index contributed by atoms with van der Waals surface area (Å²) < 4.78 is 0. The van der Waals surface area contributed by atoms with Crippen LogP contribution in [0.5, 0.6) is 0 Å². The molecule has 6 nitrogen and oxygen atoms in total. The Morgan fingerprint density at radius 1 is 0.963 bits per heavy atom. The molecule has 0 atom stereocenters. The Morgan fingerprint density at radius 3 is 2.41 bits per heavy atom. The van der Waals surface area contributed by atoms with Gasteiger partial charge in [0.05, 0.1) is 0 Å². The van der Waals surface area contributed by atoms with E-state index >= 15 is 0 Å². The van der Waals surface area contributed by atoms with E-state index in [0.29, 0.717) is 17.7 Å². The van der Waals surface area contributed by atoms with Crippen molar-refractivity contribution < 1.29 is 14.4 Å². The van der Waals surface area contributed by atoms with E-state index in [1.165, 1.54) is 6.07 Å². The summed E-state index contributed by atoms with van der Waals surface area (Å²) in [5.74, 6) is -0.698. The molecular formula is C21H23N3O3. The maximum atomic E-state index is 12.3. The second-order valence-corrected chi connectivity index (χ2v) is 6.80. The van der Waals surface area contributed by atoms with Crippen LogP contribution in [0.4, 0.5) is 5.69 Å². The van der Waals surface area contributed by atoms with Crippen LogP contribution in [0.3, 0.4) is 0 Å². The van der Waals surface area contributed by atoms with Crippen LogP contribution in [0.1, 0.15) is 52.0 Å². The third-order valence-electron chi connectivity index (χ3n) is 4.78. The van der Waals surface area contributed by atoms with Crippen molar-refractivity contribution in [3.63, 3.8) is 0 Å². The fourth-order valence-corrected chi connectivity index (χ4v) is 3.29. The van der Waals surface area contributed by atoms with Gasteiger partial charge in [-0.15, -0.1) is 0 Å². The van der Waals surface area contributed by atoms with E-state index in [-0.39, 0.29) is 17.7 Å². The van der Waals surface area contributed by atoms with Crippen molar-refractivity contribution in [1.29, 1.82) is 0 Å². The molecule has 1 aliphatic rings. The van der Waals surface area contributed by atoms with Gasteiger partial charge in [0.15, 0.2) is 0 Å². The van der Waals surface area contributed by atoms with E-state index in [1.54, 1.807) is 18.2 Å². The van der Waals surface area contributed by atoms with Crippen LogP contribution in [-0.2, 0) is 11.3 Å².